The quantitative estimate of drug-likeness (QED) is 0.612. The lowest BCUT2D eigenvalue weighted by Crippen LogP contribution is -2.28. The lowest BCUT2D eigenvalue weighted by atomic mass is 10.1. The van der Waals surface area contributed by atoms with Gasteiger partial charge in [0, 0.05) is 35.6 Å². The third kappa shape index (κ3) is 3.81. The van der Waals surface area contributed by atoms with E-state index in [0.717, 1.165) is 28.2 Å². The molecule has 0 unspecified atom stereocenters. The number of nitrogen functional groups attached to an aromatic ring is 1. The molecule has 0 aliphatic carbocycles. The summed E-state index contributed by atoms with van der Waals surface area (Å²) < 4.78 is 1.59. The predicted octanol–water partition coefficient (Wildman–Crippen LogP) is 0.877. The summed E-state index contributed by atoms with van der Waals surface area (Å²) in [4.78, 5) is 35.5. The van der Waals surface area contributed by atoms with Gasteiger partial charge in [0.1, 0.15) is 0 Å². The molecule has 0 aliphatic heterocycles. The van der Waals surface area contributed by atoms with E-state index < -0.39 is 0 Å². The Morgan fingerprint density at radius 3 is 2.67 bits per heavy atom. The number of carbonyl (C=O) groups excluding carboxylic acids is 1. The number of aromatic nitrogens is 5. The topological polar surface area (TPSA) is 131 Å². The molecule has 0 aromatic carbocycles. The van der Waals surface area contributed by atoms with Crippen LogP contribution in [0.15, 0.2) is 10.9 Å². The standard InChI is InChI=1S/C18H23N7O2/c1-9-7-10(2)21-16(27)14(9)8-20-15(26)6-5-13-11(3)22-18-23-17(19)24-25(18)12(13)4/h7H,5-6,8H2,1-4H3,(H2,19,24)(H,20,26)(H,21,27). The number of H-pyrrole nitrogens is 1. The van der Waals surface area contributed by atoms with E-state index in [1.54, 1.807) is 4.52 Å². The number of fused-ring (bicyclic) bond motifs is 1. The zero-order valence-corrected chi connectivity index (χ0v) is 15.9. The Labute approximate surface area is 156 Å². The molecule has 0 spiro atoms. The number of amides is 1. The molecule has 9 nitrogen and oxygen atoms in total. The van der Waals surface area contributed by atoms with E-state index in [1.165, 1.54) is 0 Å². The number of hydrogen-bond donors (Lipinski definition) is 3. The molecule has 4 N–H and O–H groups in total. The lowest BCUT2D eigenvalue weighted by Gasteiger charge is -2.11. The fraction of sp³-hybridized carbons (Fsp3) is 0.389. The first-order chi connectivity index (χ1) is 12.8. The van der Waals surface area contributed by atoms with Gasteiger partial charge in [-0.2, -0.15) is 9.50 Å². The van der Waals surface area contributed by atoms with Crippen LogP contribution in [0.5, 0.6) is 0 Å². The monoisotopic (exact) mass is 369 g/mol. The van der Waals surface area contributed by atoms with Gasteiger partial charge in [-0.1, -0.05) is 0 Å². The molecular formula is C18H23N7O2. The molecule has 0 radical (unpaired) electrons. The summed E-state index contributed by atoms with van der Waals surface area (Å²) in [7, 11) is 0. The summed E-state index contributed by atoms with van der Waals surface area (Å²) >= 11 is 0. The molecular weight excluding hydrogens is 346 g/mol. The van der Waals surface area contributed by atoms with Crippen LogP contribution in [0.2, 0.25) is 0 Å². The highest BCUT2D eigenvalue weighted by Gasteiger charge is 2.14. The number of carbonyl (C=O) groups is 1. The fourth-order valence-corrected chi connectivity index (χ4v) is 3.20. The number of nitrogens with one attached hydrogen (secondary N) is 2. The number of anilines is 1. The molecule has 0 saturated heterocycles. The molecule has 0 aliphatic rings. The van der Waals surface area contributed by atoms with Crippen LogP contribution >= 0.6 is 0 Å². The first-order valence-electron chi connectivity index (χ1n) is 8.70. The van der Waals surface area contributed by atoms with Gasteiger partial charge in [0.2, 0.25) is 11.9 Å². The summed E-state index contributed by atoms with van der Waals surface area (Å²) in [5.41, 5.74) is 10.3. The molecule has 0 saturated carbocycles. The van der Waals surface area contributed by atoms with E-state index in [9.17, 15) is 9.59 Å². The molecule has 0 atom stereocenters. The van der Waals surface area contributed by atoms with Crippen molar-refractivity contribution in [3.8, 4) is 0 Å². The Hall–Kier alpha value is -3.23. The summed E-state index contributed by atoms with van der Waals surface area (Å²) in [6.07, 6.45) is 0.789. The van der Waals surface area contributed by atoms with E-state index in [2.05, 4.69) is 25.4 Å². The van der Waals surface area contributed by atoms with E-state index in [4.69, 9.17) is 5.73 Å². The van der Waals surface area contributed by atoms with Gasteiger partial charge in [-0.25, -0.2) is 4.98 Å². The Kier molecular flexibility index (Phi) is 4.93. The molecule has 0 bridgehead atoms. The normalized spacial score (nSPS) is 11.1. The first kappa shape index (κ1) is 18.6. The van der Waals surface area contributed by atoms with E-state index in [1.807, 2.05) is 33.8 Å². The van der Waals surface area contributed by atoms with Crippen LogP contribution in [-0.4, -0.2) is 30.5 Å². The van der Waals surface area contributed by atoms with Crippen LogP contribution in [0.3, 0.4) is 0 Å². The summed E-state index contributed by atoms with van der Waals surface area (Å²) in [6.45, 7) is 7.67. The SMILES string of the molecule is Cc1cc(C)c(CNC(=O)CCc2c(C)nc3nc(N)nn3c2C)c(=O)[nH]1. The van der Waals surface area contributed by atoms with Gasteiger partial charge in [-0.3, -0.25) is 9.59 Å². The largest absolute Gasteiger partial charge is 0.366 e. The van der Waals surface area contributed by atoms with Gasteiger partial charge in [0.05, 0.1) is 0 Å². The van der Waals surface area contributed by atoms with E-state index in [0.29, 0.717) is 17.8 Å². The van der Waals surface area contributed by atoms with Crippen molar-refractivity contribution in [2.24, 2.45) is 0 Å². The van der Waals surface area contributed by atoms with Gasteiger partial charge in [0.25, 0.3) is 11.3 Å². The molecule has 9 heteroatoms. The number of aryl methyl sites for hydroxylation is 4. The smallest absolute Gasteiger partial charge is 0.254 e. The average Bonchev–Trinajstić information content (AvgIpc) is 2.94. The van der Waals surface area contributed by atoms with Gasteiger partial charge in [-0.05, 0) is 51.3 Å². The molecule has 27 heavy (non-hydrogen) atoms. The van der Waals surface area contributed by atoms with Crippen LogP contribution < -0.4 is 16.6 Å². The third-order valence-corrected chi connectivity index (χ3v) is 4.62. The highest BCUT2D eigenvalue weighted by Crippen LogP contribution is 2.16. The van der Waals surface area contributed by atoms with Crippen molar-refractivity contribution in [2.75, 3.05) is 5.73 Å². The molecule has 0 fully saturated rings. The average molecular weight is 369 g/mol. The minimum absolute atomic E-state index is 0.133. The second kappa shape index (κ2) is 7.18. The highest BCUT2D eigenvalue weighted by atomic mass is 16.1. The van der Waals surface area contributed by atoms with E-state index >= 15 is 0 Å². The minimum Gasteiger partial charge on any atom is -0.366 e. The Morgan fingerprint density at radius 1 is 1.22 bits per heavy atom. The number of rotatable bonds is 5. The number of nitrogens with two attached hydrogens (primary N) is 1. The highest BCUT2D eigenvalue weighted by molar-refractivity contribution is 5.76. The fourth-order valence-electron chi connectivity index (χ4n) is 3.20. The first-order valence-corrected chi connectivity index (χ1v) is 8.70. The molecule has 3 aromatic heterocycles. The van der Waals surface area contributed by atoms with Gasteiger partial charge in [-0.15, -0.1) is 5.10 Å². The molecule has 142 valence electrons. The van der Waals surface area contributed by atoms with Crippen LogP contribution in [0.1, 0.15) is 40.2 Å². The third-order valence-electron chi connectivity index (χ3n) is 4.62. The maximum atomic E-state index is 12.3. The van der Waals surface area contributed by atoms with Gasteiger partial charge >= 0.3 is 0 Å². The maximum Gasteiger partial charge on any atom is 0.254 e. The summed E-state index contributed by atoms with van der Waals surface area (Å²) in [6, 6.07) is 1.89. The van der Waals surface area contributed by atoms with Crippen LogP contribution in [0.4, 0.5) is 5.95 Å². The summed E-state index contributed by atoms with van der Waals surface area (Å²) in [5, 5.41) is 6.94. The maximum absolute atomic E-state index is 12.3. The van der Waals surface area contributed by atoms with Crippen LogP contribution in [-0.2, 0) is 17.8 Å². The van der Waals surface area contributed by atoms with E-state index in [-0.39, 0.29) is 30.4 Å². The summed E-state index contributed by atoms with van der Waals surface area (Å²) in [5.74, 6) is 0.481. The van der Waals surface area contributed by atoms with Crippen molar-refractivity contribution < 1.29 is 4.79 Å². The zero-order valence-electron chi connectivity index (χ0n) is 15.9. The number of hydrogen-bond acceptors (Lipinski definition) is 6. The predicted molar refractivity (Wildman–Crippen MR) is 101 cm³/mol. The second-order valence-corrected chi connectivity index (χ2v) is 6.66. The molecule has 3 heterocycles. The minimum atomic E-state index is -0.169. The van der Waals surface area contributed by atoms with Crippen molar-refractivity contribution in [1.82, 2.24) is 29.9 Å². The number of aromatic amines is 1. The Balaban J connectivity index is 1.68. The molecule has 3 aromatic rings. The van der Waals surface area contributed by atoms with Crippen molar-refractivity contribution in [1.29, 1.82) is 0 Å². The lowest BCUT2D eigenvalue weighted by molar-refractivity contribution is -0.121. The second-order valence-electron chi connectivity index (χ2n) is 6.66. The van der Waals surface area contributed by atoms with Gasteiger partial charge in [0.15, 0.2) is 0 Å². The van der Waals surface area contributed by atoms with Gasteiger partial charge < -0.3 is 16.0 Å². The Morgan fingerprint density at radius 2 is 1.96 bits per heavy atom. The van der Waals surface area contributed by atoms with Crippen molar-refractivity contribution in [3.63, 3.8) is 0 Å². The molecule has 1 amide bonds. The number of pyridine rings is 1. The van der Waals surface area contributed by atoms with Crippen LogP contribution in [0.25, 0.3) is 5.78 Å². The van der Waals surface area contributed by atoms with Crippen molar-refractivity contribution in [3.05, 3.63) is 50.2 Å². The number of nitrogens with zero attached hydrogens (tertiary/aromatic N) is 4. The van der Waals surface area contributed by atoms with Crippen LogP contribution in [0, 0.1) is 27.7 Å². The Bertz CT molecular complexity index is 1080. The van der Waals surface area contributed by atoms with Crippen molar-refractivity contribution in [2.45, 2.75) is 47.1 Å². The zero-order chi connectivity index (χ0) is 19.7. The molecule has 3 rings (SSSR count). The van der Waals surface area contributed by atoms with Crippen molar-refractivity contribution >= 4 is 17.6 Å².